The van der Waals surface area contributed by atoms with Crippen LogP contribution in [0, 0.1) is 29.6 Å². The summed E-state index contributed by atoms with van der Waals surface area (Å²) in [5, 5.41) is 8.37. The largest absolute Gasteiger partial charge is 0.423 e. The summed E-state index contributed by atoms with van der Waals surface area (Å²) < 4.78 is 5.81. The monoisotopic (exact) mass is 275 g/mol. The molecule has 0 saturated heterocycles. The Morgan fingerprint density at radius 1 is 1.05 bits per heavy atom. The summed E-state index contributed by atoms with van der Waals surface area (Å²) in [5.74, 6) is 6.01. The van der Waals surface area contributed by atoms with Gasteiger partial charge in [-0.15, -0.1) is 10.2 Å². The minimum absolute atomic E-state index is 0.532. The molecule has 4 aliphatic carbocycles. The fraction of sp³-hybridized carbons (Fsp3) is 0.875. The molecule has 5 rings (SSSR count). The van der Waals surface area contributed by atoms with Crippen molar-refractivity contribution in [1.29, 1.82) is 0 Å². The summed E-state index contributed by atoms with van der Waals surface area (Å²) >= 11 is 0. The van der Waals surface area contributed by atoms with Crippen LogP contribution in [-0.2, 0) is 12.0 Å². The smallest absolute Gasteiger partial charge is 0.235 e. The van der Waals surface area contributed by atoms with Gasteiger partial charge in [0.2, 0.25) is 11.8 Å². The highest BCUT2D eigenvalue weighted by molar-refractivity contribution is 5.02. The van der Waals surface area contributed by atoms with E-state index in [2.05, 4.69) is 10.2 Å². The van der Waals surface area contributed by atoms with Crippen LogP contribution in [0.4, 0.5) is 0 Å². The number of hydrogen-bond donors (Lipinski definition) is 1. The van der Waals surface area contributed by atoms with Crippen LogP contribution in [0.25, 0.3) is 0 Å². The second-order valence-corrected chi connectivity index (χ2v) is 8.02. The lowest BCUT2D eigenvalue weighted by Gasteiger charge is -2.54. The summed E-state index contributed by atoms with van der Waals surface area (Å²) in [4.78, 5) is 0. The van der Waals surface area contributed by atoms with Crippen LogP contribution in [0.15, 0.2) is 4.42 Å². The average molecular weight is 275 g/mol. The first kappa shape index (κ1) is 12.8. The first-order valence-electron chi connectivity index (χ1n) is 8.11. The van der Waals surface area contributed by atoms with Crippen LogP contribution in [0.3, 0.4) is 0 Å². The van der Waals surface area contributed by atoms with Gasteiger partial charge in [0.25, 0.3) is 0 Å². The highest BCUT2D eigenvalue weighted by Gasteiger charge is 2.48. The second kappa shape index (κ2) is 4.30. The SMILES string of the molecule is CC(C)(N)c1nnc(CC2C3CC4CC(C3)CC2C4)o1. The highest BCUT2D eigenvalue weighted by Crippen LogP contribution is 2.57. The number of rotatable bonds is 3. The Kier molecular flexibility index (Phi) is 2.75. The van der Waals surface area contributed by atoms with Crippen LogP contribution in [0.5, 0.6) is 0 Å². The summed E-state index contributed by atoms with van der Waals surface area (Å²) in [5.41, 5.74) is 5.49. The zero-order valence-electron chi connectivity index (χ0n) is 12.5. The number of nitrogens with two attached hydrogens (primary N) is 1. The van der Waals surface area contributed by atoms with Gasteiger partial charge in [-0.1, -0.05) is 0 Å². The topological polar surface area (TPSA) is 64.9 Å². The fourth-order valence-corrected chi connectivity index (χ4v) is 5.17. The molecule has 0 amide bonds. The van der Waals surface area contributed by atoms with Gasteiger partial charge in [0, 0.05) is 6.42 Å². The van der Waals surface area contributed by atoms with Gasteiger partial charge in [0.05, 0.1) is 5.54 Å². The highest BCUT2D eigenvalue weighted by atomic mass is 16.4. The van der Waals surface area contributed by atoms with E-state index in [1.54, 1.807) is 0 Å². The van der Waals surface area contributed by atoms with E-state index in [-0.39, 0.29) is 0 Å². The van der Waals surface area contributed by atoms with Crippen LogP contribution < -0.4 is 5.73 Å². The lowest BCUT2D eigenvalue weighted by molar-refractivity contribution is -0.0383. The molecule has 1 aromatic heterocycles. The standard InChI is InChI=1S/C16H25N3O/c1-16(2,17)15-19-18-14(20-15)8-13-11-4-9-3-10(6-11)7-12(13)5-9/h9-13H,3-8,17H2,1-2H3. The fourth-order valence-electron chi connectivity index (χ4n) is 5.17. The van der Waals surface area contributed by atoms with E-state index in [0.717, 1.165) is 41.9 Å². The Labute approximate surface area is 120 Å². The van der Waals surface area contributed by atoms with E-state index in [4.69, 9.17) is 10.2 Å². The van der Waals surface area contributed by atoms with Crippen molar-refractivity contribution in [3.8, 4) is 0 Å². The van der Waals surface area contributed by atoms with E-state index in [0.29, 0.717) is 5.89 Å². The zero-order valence-corrected chi connectivity index (χ0v) is 12.5. The van der Waals surface area contributed by atoms with E-state index in [9.17, 15) is 0 Å². The van der Waals surface area contributed by atoms with Gasteiger partial charge in [-0.25, -0.2) is 0 Å². The molecule has 4 nitrogen and oxygen atoms in total. The summed E-state index contributed by atoms with van der Waals surface area (Å²) in [6.07, 6.45) is 8.26. The molecule has 1 aromatic rings. The Morgan fingerprint density at radius 3 is 2.15 bits per heavy atom. The van der Waals surface area contributed by atoms with Crippen LogP contribution in [0.2, 0.25) is 0 Å². The lowest BCUT2D eigenvalue weighted by Crippen LogP contribution is -2.45. The maximum Gasteiger partial charge on any atom is 0.235 e. The molecule has 4 saturated carbocycles. The predicted molar refractivity (Wildman–Crippen MR) is 75.8 cm³/mol. The molecule has 110 valence electrons. The minimum atomic E-state index is -0.532. The molecule has 20 heavy (non-hydrogen) atoms. The van der Waals surface area contributed by atoms with Crippen LogP contribution in [0.1, 0.15) is 57.7 Å². The predicted octanol–water partition coefficient (Wildman–Crippen LogP) is 2.88. The molecule has 0 unspecified atom stereocenters. The zero-order chi connectivity index (χ0) is 13.9. The quantitative estimate of drug-likeness (QED) is 0.921. The second-order valence-electron chi connectivity index (χ2n) is 8.02. The number of nitrogens with zero attached hydrogens (tertiary/aromatic N) is 2. The molecular weight excluding hydrogens is 250 g/mol. The van der Waals surface area contributed by atoms with Gasteiger partial charge in [0.15, 0.2) is 0 Å². The number of aromatic nitrogens is 2. The molecular formula is C16H25N3O. The van der Waals surface area contributed by atoms with Gasteiger partial charge in [0.1, 0.15) is 0 Å². The van der Waals surface area contributed by atoms with E-state index < -0.39 is 5.54 Å². The normalized spacial score (nSPS) is 39.5. The van der Waals surface area contributed by atoms with Crippen LogP contribution >= 0.6 is 0 Å². The molecule has 4 bridgehead atoms. The first-order chi connectivity index (χ1) is 9.49. The van der Waals surface area contributed by atoms with Crippen molar-refractivity contribution >= 4 is 0 Å². The molecule has 0 spiro atoms. The maximum atomic E-state index is 6.02. The Bertz CT molecular complexity index is 474. The van der Waals surface area contributed by atoms with Gasteiger partial charge in [-0.3, -0.25) is 0 Å². The third-order valence-electron chi connectivity index (χ3n) is 5.85. The van der Waals surface area contributed by atoms with Crippen molar-refractivity contribution in [2.24, 2.45) is 35.3 Å². The molecule has 1 heterocycles. The first-order valence-corrected chi connectivity index (χ1v) is 8.11. The van der Waals surface area contributed by atoms with Crippen molar-refractivity contribution < 1.29 is 4.42 Å². The Morgan fingerprint density at radius 2 is 1.65 bits per heavy atom. The molecule has 0 aromatic carbocycles. The molecule has 0 aliphatic heterocycles. The van der Waals surface area contributed by atoms with Crippen molar-refractivity contribution in [2.45, 2.75) is 57.9 Å². The van der Waals surface area contributed by atoms with Gasteiger partial charge < -0.3 is 10.2 Å². The summed E-state index contributed by atoms with van der Waals surface area (Å²) in [6, 6.07) is 0. The molecule has 0 atom stereocenters. The van der Waals surface area contributed by atoms with Crippen molar-refractivity contribution in [3.63, 3.8) is 0 Å². The summed E-state index contributed by atoms with van der Waals surface area (Å²) in [7, 11) is 0. The molecule has 4 aliphatic rings. The summed E-state index contributed by atoms with van der Waals surface area (Å²) in [6.45, 7) is 3.82. The van der Waals surface area contributed by atoms with Crippen molar-refractivity contribution in [3.05, 3.63) is 11.8 Å². The van der Waals surface area contributed by atoms with E-state index in [1.807, 2.05) is 13.8 Å². The van der Waals surface area contributed by atoms with Crippen molar-refractivity contribution in [2.75, 3.05) is 0 Å². The van der Waals surface area contributed by atoms with Gasteiger partial charge >= 0.3 is 0 Å². The third-order valence-corrected chi connectivity index (χ3v) is 5.85. The average Bonchev–Trinajstić information content (AvgIpc) is 2.81. The molecule has 4 fully saturated rings. The van der Waals surface area contributed by atoms with E-state index >= 15 is 0 Å². The molecule has 2 N–H and O–H groups in total. The Balaban J connectivity index is 1.50. The van der Waals surface area contributed by atoms with E-state index in [1.165, 1.54) is 32.1 Å². The van der Waals surface area contributed by atoms with Crippen molar-refractivity contribution in [1.82, 2.24) is 10.2 Å². The molecule has 0 radical (unpaired) electrons. The van der Waals surface area contributed by atoms with Crippen LogP contribution in [-0.4, -0.2) is 10.2 Å². The van der Waals surface area contributed by atoms with Gasteiger partial charge in [-0.2, -0.15) is 0 Å². The minimum Gasteiger partial charge on any atom is -0.423 e. The maximum absolute atomic E-state index is 6.02. The van der Waals surface area contributed by atoms with Gasteiger partial charge in [-0.05, 0) is 75.5 Å². The lowest BCUT2D eigenvalue weighted by atomic mass is 9.51. The molecule has 4 heteroatoms. The number of hydrogen-bond acceptors (Lipinski definition) is 4. The third kappa shape index (κ3) is 2.09. The Hall–Kier alpha value is -0.900.